The Morgan fingerprint density at radius 2 is 1.94 bits per heavy atom. The lowest BCUT2D eigenvalue weighted by Crippen LogP contribution is -2.25. The molecule has 0 unspecified atom stereocenters. The summed E-state index contributed by atoms with van der Waals surface area (Å²) in [4.78, 5) is 7.28. The highest BCUT2D eigenvalue weighted by Crippen LogP contribution is 2.28. The van der Waals surface area contributed by atoms with Crippen molar-refractivity contribution >= 4 is 11.5 Å². The highest BCUT2D eigenvalue weighted by Gasteiger charge is 2.21. The topological polar surface area (TPSA) is 54.7 Å². The molecule has 2 aromatic heterocycles. The SMILES string of the molecule is CCN(CCCNc1c(C)c(C)nc2cc(C3CCOCC3)nn12)Cc1ccccc1. The Labute approximate surface area is 185 Å². The number of rotatable bonds is 9. The fourth-order valence-corrected chi connectivity index (χ4v) is 4.32. The van der Waals surface area contributed by atoms with Crippen molar-refractivity contribution < 1.29 is 4.74 Å². The summed E-state index contributed by atoms with van der Waals surface area (Å²) in [5, 5.41) is 8.62. The molecule has 6 nitrogen and oxygen atoms in total. The van der Waals surface area contributed by atoms with Crippen molar-refractivity contribution in [2.24, 2.45) is 0 Å². The number of nitrogens with one attached hydrogen (secondary N) is 1. The van der Waals surface area contributed by atoms with E-state index in [1.807, 2.05) is 4.52 Å². The van der Waals surface area contributed by atoms with E-state index < -0.39 is 0 Å². The Hall–Kier alpha value is -2.44. The van der Waals surface area contributed by atoms with E-state index in [4.69, 9.17) is 14.8 Å². The molecule has 3 aromatic rings. The second-order valence-electron chi connectivity index (χ2n) is 8.53. The van der Waals surface area contributed by atoms with E-state index in [9.17, 15) is 0 Å². The molecule has 1 aliphatic rings. The van der Waals surface area contributed by atoms with Crippen LogP contribution in [0, 0.1) is 13.8 Å². The summed E-state index contributed by atoms with van der Waals surface area (Å²) in [5.74, 6) is 1.55. The van der Waals surface area contributed by atoms with Crippen LogP contribution in [-0.4, -0.2) is 52.3 Å². The van der Waals surface area contributed by atoms with E-state index in [0.29, 0.717) is 5.92 Å². The molecule has 166 valence electrons. The molecule has 3 heterocycles. The first-order chi connectivity index (χ1) is 15.2. The lowest BCUT2D eigenvalue weighted by atomic mass is 9.97. The number of aromatic nitrogens is 3. The number of benzene rings is 1. The number of hydrogen-bond donors (Lipinski definition) is 1. The van der Waals surface area contributed by atoms with Crippen molar-refractivity contribution in [1.29, 1.82) is 0 Å². The largest absolute Gasteiger partial charge is 0.381 e. The fourth-order valence-electron chi connectivity index (χ4n) is 4.32. The number of fused-ring (bicyclic) bond motifs is 1. The fraction of sp³-hybridized carbons (Fsp3) is 0.520. The minimum atomic E-state index is 0.472. The summed E-state index contributed by atoms with van der Waals surface area (Å²) in [5.41, 5.74) is 5.69. The number of nitrogens with zero attached hydrogens (tertiary/aromatic N) is 4. The first-order valence-electron chi connectivity index (χ1n) is 11.6. The first kappa shape index (κ1) is 21.8. The molecule has 1 aromatic carbocycles. The van der Waals surface area contributed by atoms with Gasteiger partial charge in [0.1, 0.15) is 5.82 Å². The van der Waals surface area contributed by atoms with Gasteiger partial charge in [-0.1, -0.05) is 37.3 Å². The van der Waals surface area contributed by atoms with Crippen LogP contribution in [0.1, 0.15) is 54.6 Å². The molecule has 6 heteroatoms. The molecule has 1 fully saturated rings. The molecular weight excluding hydrogens is 386 g/mol. The second-order valence-corrected chi connectivity index (χ2v) is 8.53. The van der Waals surface area contributed by atoms with Crippen molar-refractivity contribution in [3.8, 4) is 0 Å². The molecule has 0 saturated carbocycles. The quantitative estimate of drug-likeness (QED) is 0.513. The molecule has 1 N–H and O–H groups in total. The van der Waals surface area contributed by atoms with Crippen molar-refractivity contribution in [1.82, 2.24) is 19.5 Å². The van der Waals surface area contributed by atoms with Gasteiger partial charge in [-0.25, -0.2) is 4.98 Å². The van der Waals surface area contributed by atoms with Gasteiger partial charge in [0.15, 0.2) is 5.65 Å². The van der Waals surface area contributed by atoms with Crippen LogP contribution in [0.15, 0.2) is 36.4 Å². The summed E-state index contributed by atoms with van der Waals surface area (Å²) in [6, 6.07) is 12.9. The second kappa shape index (κ2) is 10.2. The van der Waals surface area contributed by atoms with Crippen LogP contribution < -0.4 is 5.32 Å². The Morgan fingerprint density at radius 3 is 2.68 bits per heavy atom. The third-order valence-electron chi connectivity index (χ3n) is 6.38. The van der Waals surface area contributed by atoms with Gasteiger partial charge in [0.25, 0.3) is 0 Å². The number of aryl methyl sites for hydroxylation is 1. The van der Waals surface area contributed by atoms with E-state index >= 15 is 0 Å². The standard InChI is InChI=1S/C25H35N5O/c1-4-29(18-21-9-6-5-7-10-21)14-8-13-26-25-19(2)20(3)27-24-17-23(28-30(24)25)22-11-15-31-16-12-22/h5-7,9-10,17,22,26H,4,8,11-16,18H2,1-3H3. The van der Waals surface area contributed by atoms with E-state index in [2.05, 4.69) is 67.4 Å². The molecule has 1 aliphatic heterocycles. The van der Waals surface area contributed by atoms with Crippen LogP contribution in [0.4, 0.5) is 5.82 Å². The predicted molar refractivity (Wildman–Crippen MR) is 126 cm³/mol. The van der Waals surface area contributed by atoms with Gasteiger partial charge in [-0.3, -0.25) is 4.90 Å². The monoisotopic (exact) mass is 421 g/mol. The number of ether oxygens (including phenoxy) is 1. The summed E-state index contributed by atoms with van der Waals surface area (Å²) < 4.78 is 7.53. The number of anilines is 1. The van der Waals surface area contributed by atoms with Gasteiger partial charge in [0.05, 0.1) is 5.69 Å². The highest BCUT2D eigenvalue weighted by molar-refractivity contribution is 5.55. The van der Waals surface area contributed by atoms with Crippen LogP contribution >= 0.6 is 0 Å². The molecule has 0 radical (unpaired) electrons. The van der Waals surface area contributed by atoms with Gasteiger partial charge in [0, 0.05) is 56.1 Å². The molecule has 0 bridgehead atoms. The smallest absolute Gasteiger partial charge is 0.157 e. The zero-order valence-corrected chi connectivity index (χ0v) is 19.1. The molecule has 31 heavy (non-hydrogen) atoms. The van der Waals surface area contributed by atoms with Crippen LogP contribution in [0.5, 0.6) is 0 Å². The molecule has 0 atom stereocenters. The van der Waals surface area contributed by atoms with E-state index in [1.54, 1.807) is 0 Å². The van der Waals surface area contributed by atoms with Gasteiger partial charge >= 0.3 is 0 Å². The zero-order chi connectivity index (χ0) is 21.6. The van der Waals surface area contributed by atoms with Gasteiger partial charge in [-0.2, -0.15) is 9.61 Å². The molecule has 0 amide bonds. The zero-order valence-electron chi connectivity index (χ0n) is 19.1. The molecule has 0 spiro atoms. The Morgan fingerprint density at radius 1 is 1.16 bits per heavy atom. The van der Waals surface area contributed by atoms with Crippen molar-refractivity contribution in [2.45, 2.75) is 52.5 Å². The van der Waals surface area contributed by atoms with Crippen LogP contribution in [-0.2, 0) is 11.3 Å². The van der Waals surface area contributed by atoms with Gasteiger partial charge in [-0.05, 0) is 45.2 Å². The lowest BCUT2D eigenvalue weighted by Gasteiger charge is -2.21. The average molecular weight is 422 g/mol. The Balaban J connectivity index is 1.41. The maximum atomic E-state index is 5.52. The molecular formula is C25H35N5O. The average Bonchev–Trinajstić information content (AvgIpc) is 3.23. The molecule has 4 rings (SSSR count). The maximum Gasteiger partial charge on any atom is 0.157 e. The van der Waals surface area contributed by atoms with Crippen LogP contribution in [0.2, 0.25) is 0 Å². The third-order valence-corrected chi connectivity index (χ3v) is 6.38. The summed E-state index contributed by atoms with van der Waals surface area (Å²) in [6.07, 6.45) is 3.16. The number of hydrogen-bond acceptors (Lipinski definition) is 5. The van der Waals surface area contributed by atoms with Crippen molar-refractivity contribution in [2.75, 3.05) is 38.2 Å². The summed E-state index contributed by atoms with van der Waals surface area (Å²) >= 11 is 0. The Bertz CT molecular complexity index is 978. The van der Waals surface area contributed by atoms with Gasteiger partial charge in [-0.15, -0.1) is 0 Å². The van der Waals surface area contributed by atoms with E-state index in [-0.39, 0.29) is 0 Å². The van der Waals surface area contributed by atoms with E-state index in [0.717, 1.165) is 81.5 Å². The van der Waals surface area contributed by atoms with Crippen LogP contribution in [0.25, 0.3) is 5.65 Å². The summed E-state index contributed by atoms with van der Waals surface area (Å²) in [6.45, 7) is 12.1. The van der Waals surface area contributed by atoms with E-state index in [1.165, 1.54) is 11.1 Å². The Kier molecular flexibility index (Phi) is 7.20. The summed E-state index contributed by atoms with van der Waals surface area (Å²) in [7, 11) is 0. The highest BCUT2D eigenvalue weighted by atomic mass is 16.5. The van der Waals surface area contributed by atoms with Crippen molar-refractivity contribution in [3.05, 3.63) is 58.9 Å². The van der Waals surface area contributed by atoms with Gasteiger partial charge < -0.3 is 10.1 Å². The molecule has 0 aliphatic carbocycles. The molecule has 1 saturated heterocycles. The van der Waals surface area contributed by atoms with Gasteiger partial charge in [0.2, 0.25) is 0 Å². The maximum absolute atomic E-state index is 5.52. The first-order valence-corrected chi connectivity index (χ1v) is 11.6. The minimum absolute atomic E-state index is 0.472. The lowest BCUT2D eigenvalue weighted by molar-refractivity contribution is 0.0844. The predicted octanol–water partition coefficient (Wildman–Crippen LogP) is 4.56. The van der Waals surface area contributed by atoms with Crippen LogP contribution in [0.3, 0.4) is 0 Å². The minimum Gasteiger partial charge on any atom is -0.381 e. The normalized spacial score (nSPS) is 15.1. The van der Waals surface area contributed by atoms with Crippen molar-refractivity contribution in [3.63, 3.8) is 0 Å². The third kappa shape index (κ3) is 5.25.